The van der Waals surface area contributed by atoms with Gasteiger partial charge in [-0.2, -0.15) is 0 Å². The van der Waals surface area contributed by atoms with Crippen LogP contribution in [0.5, 0.6) is 0 Å². The fraction of sp³-hybridized carbons (Fsp3) is 0.444. The lowest BCUT2D eigenvalue weighted by atomic mass is 9.97. The minimum absolute atomic E-state index is 0.0245. The van der Waals surface area contributed by atoms with E-state index in [1.165, 1.54) is 0 Å². The molecule has 0 unspecified atom stereocenters. The van der Waals surface area contributed by atoms with E-state index in [1.54, 1.807) is 0 Å². The molecule has 1 N–H and O–H groups in total. The van der Waals surface area contributed by atoms with Gasteiger partial charge in [0.1, 0.15) is 5.76 Å². The number of carbonyl (C=O) groups excluding carboxylic acids is 1. The van der Waals surface area contributed by atoms with Crippen LogP contribution >= 0.6 is 15.9 Å². The molecule has 2 rings (SSSR count). The molecule has 0 spiro atoms. The smallest absolute Gasteiger partial charge is 0.224 e. The van der Waals surface area contributed by atoms with E-state index >= 15 is 0 Å². The molecule has 2 aromatic rings. The molecule has 0 radical (unpaired) electrons. The summed E-state index contributed by atoms with van der Waals surface area (Å²) in [6, 6.07) is 5.79. The molecule has 1 heterocycles. The average Bonchev–Trinajstić information content (AvgIpc) is 2.81. The van der Waals surface area contributed by atoms with Gasteiger partial charge in [-0.1, -0.05) is 36.7 Å². The molecule has 4 nitrogen and oxygen atoms in total. The van der Waals surface area contributed by atoms with Crippen molar-refractivity contribution in [2.24, 2.45) is 0 Å². The Labute approximate surface area is 145 Å². The maximum absolute atomic E-state index is 12.2. The molecule has 1 aromatic carbocycles. The highest BCUT2D eigenvalue weighted by Crippen LogP contribution is 2.25. The third kappa shape index (κ3) is 4.67. The topological polar surface area (TPSA) is 55.1 Å². The number of nitrogens with one attached hydrogen (secondary N) is 1. The van der Waals surface area contributed by atoms with Gasteiger partial charge in [0.15, 0.2) is 5.89 Å². The summed E-state index contributed by atoms with van der Waals surface area (Å²) in [7, 11) is 0. The lowest BCUT2D eigenvalue weighted by molar-refractivity contribution is -0.116. The van der Waals surface area contributed by atoms with Gasteiger partial charge in [-0.05, 0) is 37.6 Å². The number of aryl methyl sites for hydroxylation is 3. The lowest BCUT2D eigenvalue weighted by Crippen LogP contribution is -2.13. The van der Waals surface area contributed by atoms with E-state index in [0.29, 0.717) is 18.7 Å². The van der Waals surface area contributed by atoms with Crippen LogP contribution in [0.3, 0.4) is 0 Å². The van der Waals surface area contributed by atoms with Crippen LogP contribution in [0.15, 0.2) is 27.1 Å². The van der Waals surface area contributed by atoms with E-state index in [2.05, 4.69) is 47.0 Å². The summed E-state index contributed by atoms with van der Waals surface area (Å²) < 4.78 is 6.82. The molecule has 1 aromatic heterocycles. The number of carbonyl (C=O) groups is 1. The monoisotopic (exact) mass is 378 g/mol. The summed E-state index contributed by atoms with van der Waals surface area (Å²) in [5, 5.41) is 2.94. The molecular formula is C18H23BrN2O2. The van der Waals surface area contributed by atoms with Gasteiger partial charge in [0.05, 0.1) is 5.69 Å². The minimum Gasteiger partial charge on any atom is -0.445 e. The summed E-state index contributed by atoms with van der Waals surface area (Å²) in [4.78, 5) is 16.6. The molecule has 0 saturated heterocycles. The fourth-order valence-corrected chi connectivity index (χ4v) is 2.66. The number of oxazole rings is 1. The molecule has 0 fully saturated rings. The van der Waals surface area contributed by atoms with E-state index in [9.17, 15) is 4.79 Å². The molecule has 0 aliphatic heterocycles. The fourth-order valence-electron chi connectivity index (χ4n) is 2.19. The van der Waals surface area contributed by atoms with Crippen molar-refractivity contribution < 1.29 is 9.21 Å². The van der Waals surface area contributed by atoms with Gasteiger partial charge in [-0.3, -0.25) is 4.79 Å². The number of hydrogen-bond acceptors (Lipinski definition) is 3. The van der Waals surface area contributed by atoms with Gasteiger partial charge in [0, 0.05) is 28.4 Å². The minimum atomic E-state index is -0.125. The van der Waals surface area contributed by atoms with Crippen molar-refractivity contribution in [2.75, 3.05) is 5.32 Å². The van der Waals surface area contributed by atoms with Gasteiger partial charge < -0.3 is 9.73 Å². The van der Waals surface area contributed by atoms with Crippen LogP contribution in [0, 0.1) is 13.8 Å². The van der Waals surface area contributed by atoms with Crippen molar-refractivity contribution in [1.29, 1.82) is 0 Å². The van der Waals surface area contributed by atoms with Gasteiger partial charge in [0.25, 0.3) is 0 Å². The number of hydrogen-bond donors (Lipinski definition) is 1. The Morgan fingerprint density at radius 1 is 1.30 bits per heavy atom. The Kier molecular flexibility index (Phi) is 5.30. The first-order valence-corrected chi connectivity index (χ1v) is 8.49. The lowest BCUT2D eigenvalue weighted by Gasteiger charge is -2.12. The van der Waals surface area contributed by atoms with Crippen LogP contribution in [0.1, 0.15) is 50.1 Å². The van der Waals surface area contributed by atoms with Crippen LogP contribution in [-0.4, -0.2) is 10.9 Å². The number of halogens is 1. The van der Waals surface area contributed by atoms with E-state index in [0.717, 1.165) is 27.2 Å². The van der Waals surface area contributed by atoms with Crippen LogP contribution in [-0.2, 0) is 16.6 Å². The highest BCUT2D eigenvalue weighted by Gasteiger charge is 2.22. The second-order valence-corrected chi connectivity index (χ2v) is 7.70. The first-order chi connectivity index (χ1) is 10.7. The normalized spacial score (nSPS) is 11.6. The zero-order valence-electron chi connectivity index (χ0n) is 14.3. The second-order valence-electron chi connectivity index (χ2n) is 6.79. The molecule has 124 valence electrons. The first kappa shape index (κ1) is 17.7. The number of amides is 1. The number of benzene rings is 1. The predicted octanol–water partition coefficient (Wildman–Crippen LogP) is 4.92. The predicted molar refractivity (Wildman–Crippen MR) is 95.8 cm³/mol. The molecule has 23 heavy (non-hydrogen) atoms. The SMILES string of the molecule is Cc1cc(Br)ccc1NC(=O)CCc1oc(C(C)(C)C)nc1C. The highest BCUT2D eigenvalue weighted by molar-refractivity contribution is 9.10. The van der Waals surface area contributed by atoms with Gasteiger partial charge in [-0.25, -0.2) is 4.98 Å². The quantitative estimate of drug-likeness (QED) is 0.820. The summed E-state index contributed by atoms with van der Waals surface area (Å²) in [5.74, 6) is 1.48. The Morgan fingerprint density at radius 3 is 2.57 bits per heavy atom. The average molecular weight is 379 g/mol. The van der Waals surface area contributed by atoms with Crippen LogP contribution in [0.4, 0.5) is 5.69 Å². The molecule has 0 aliphatic rings. The second kappa shape index (κ2) is 6.87. The zero-order chi connectivity index (χ0) is 17.2. The molecular weight excluding hydrogens is 356 g/mol. The van der Waals surface area contributed by atoms with Gasteiger partial charge >= 0.3 is 0 Å². The Morgan fingerprint density at radius 2 is 2.00 bits per heavy atom. The third-order valence-corrected chi connectivity index (χ3v) is 4.07. The van der Waals surface area contributed by atoms with Crippen molar-refractivity contribution >= 4 is 27.5 Å². The number of anilines is 1. The number of aromatic nitrogens is 1. The Hall–Kier alpha value is -1.62. The van der Waals surface area contributed by atoms with Gasteiger partial charge in [0.2, 0.25) is 5.91 Å². The maximum Gasteiger partial charge on any atom is 0.224 e. The van der Waals surface area contributed by atoms with Crippen LogP contribution in [0.2, 0.25) is 0 Å². The summed E-state index contributed by atoms with van der Waals surface area (Å²) in [6.07, 6.45) is 0.922. The summed E-state index contributed by atoms with van der Waals surface area (Å²) in [5.41, 5.74) is 2.60. The first-order valence-electron chi connectivity index (χ1n) is 7.69. The summed E-state index contributed by atoms with van der Waals surface area (Å²) in [6.45, 7) is 10.1. The van der Waals surface area contributed by atoms with Crippen molar-refractivity contribution in [1.82, 2.24) is 4.98 Å². The molecule has 0 saturated carbocycles. The number of nitrogens with zero attached hydrogens (tertiary/aromatic N) is 1. The van der Waals surface area contributed by atoms with E-state index in [4.69, 9.17) is 4.42 Å². The molecule has 5 heteroatoms. The highest BCUT2D eigenvalue weighted by atomic mass is 79.9. The van der Waals surface area contributed by atoms with E-state index < -0.39 is 0 Å². The summed E-state index contributed by atoms with van der Waals surface area (Å²) >= 11 is 3.42. The number of rotatable bonds is 4. The van der Waals surface area contributed by atoms with Crippen molar-refractivity contribution in [2.45, 2.75) is 52.9 Å². The zero-order valence-corrected chi connectivity index (χ0v) is 15.9. The van der Waals surface area contributed by atoms with Crippen LogP contribution < -0.4 is 5.32 Å². The molecule has 0 atom stereocenters. The molecule has 1 amide bonds. The Balaban J connectivity index is 1.98. The van der Waals surface area contributed by atoms with Gasteiger partial charge in [-0.15, -0.1) is 0 Å². The largest absolute Gasteiger partial charge is 0.445 e. The molecule has 0 aliphatic carbocycles. The third-order valence-electron chi connectivity index (χ3n) is 3.58. The Bertz CT molecular complexity index is 714. The van der Waals surface area contributed by atoms with Crippen molar-refractivity contribution in [3.05, 3.63) is 45.6 Å². The molecule has 0 bridgehead atoms. The van der Waals surface area contributed by atoms with E-state index in [1.807, 2.05) is 32.0 Å². The van der Waals surface area contributed by atoms with Crippen LogP contribution in [0.25, 0.3) is 0 Å². The van der Waals surface area contributed by atoms with Crippen molar-refractivity contribution in [3.63, 3.8) is 0 Å². The standard InChI is InChI=1S/C18H23BrN2O2/c1-11-10-13(19)6-7-14(11)21-16(22)9-8-15-12(2)20-17(23-15)18(3,4)5/h6-7,10H,8-9H2,1-5H3,(H,21,22). The van der Waals surface area contributed by atoms with Crippen molar-refractivity contribution in [3.8, 4) is 0 Å². The maximum atomic E-state index is 12.2. The van der Waals surface area contributed by atoms with E-state index in [-0.39, 0.29) is 11.3 Å².